The Morgan fingerprint density at radius 1 is 1.35 bits per heavy atom. The lowest BCUT2D eigenvalue weighted by molar-refractivity contribution is 0.761. The average Bonchev–Trinajstić information content (AvgIpc) is 2.37. The highest BCUT2D eigenvalue weighted by molar-refractivity contribution is 5.32. The van der Waals surface area contributed by atoms with Crippen LogP contribution in [0.3, 0.4) is 0 Å². The molecule has 1 heterocycles. The minimum absolute atomic E-state index is 0.128. The number of benzene rings is 1. The van der Waals surface area contributed by atoms with E-state index in [1.165, 1.54) is 12.4 Å². The largest absolute Gasteiger partial charge is 0.368 e. The molecule has 0 bridgehead atoms. The third-order valence-electron chi connectivity index (χ3n) is 2.41. The van der Waals surface area contributed by atoms with Crippen LogP contribution in [0.1, 0.15) is 11.6 Å². The monoisotopic (exact) mass is 230 g/mol. The molecule has 0 aliphatic rings. The maximum Gasteiger partial charge on any atom is 0.252 e. The van der Waals surface area contributed by atoms with Crippen molar-refractivity contribution < 1.29 is 0 Å². The van der Waals surface area contributed by atoms with Crippen LogP contribution < -0.4 is 16.6 Å². The van der Waals surface area contributed by atoms with Gasteiger partial charge in [0.25, 0.3) is 5.56 Å². The average molecular weight is 230 g/mol. The van der Waals surface area contributed by atoms with E-state index in [-0.39, 0.29) is 11.6 Å². The third kappa shape index (κ3) is 3.15. The molecule has 17 heavy (non-hydrogen) atoms. The summed E-state index contributed by atoms with van der Waals surface area (Å²) in [6, 6.07) is 11.0. The summed E-state index contributed by atoms with van der Waals surface area (Å²) in [6.07, 6.45) is 1.36. The fourth-order valence-electron chi connectivity index (χ4n) is 1.50. The van der Waals surface area contributed by atoms with Crippen molar-refractivity contribution in [1.82, 2.24) is 9.97 Å². The summed E-state index contributed by atoms with van der Waals surface area (Å²) in [4.78, 5) is 17.5. The lowest BCUT2D eigenvalue weighted by Gasteiger charge is -2.13. The molecule has 0 aliphatic heterocycles. The van der Waals surface area contributed by atoms with Gasteiger partial charge in [-0.1, -0.05) is 30.3 Å². The van der Waals surface area contributed by atoms with Crippen LogP contribution in [0, 0.1) is 0 Å². The normalized spacial score (nSPS) is 12.1. The van der Waals surface area contributed by atoms with E-state index in [9.17, 15) is 4.79 Å². The van der Waals surface area contributed by atoms with Gasteiger partial charge in [0, 0.05) is 18.7 Å². The van der Waals surface area contributed by atoms with Crippen molar-refractivity contribution in [1.29, 1.82) is 0 Å². The lowest BCUT2D eigenvalue weighted by Crippen LogP contribution is -2.21. The molecule has 1 atom stereocenters. The number of nitrogens with zero attached hydrogens (tertiary/aromatic N) is 1. The fraction of sp³-hybridized carbons (Fsp3) is 0.167. The number of H-pyrrole nitrogens is 1. The van der Waals surface area contributed by atoms with E-state index < -0.39 is 0 Å². The van der Waals surface area contributed by atoms with Crippen LogP contribution in [0.5, 0.6) is 0 Å². The van der Waals surface area contributed by atoms with E-state index in [1.54, 1.807) is 0 Å². The lowest BCUT2D eigenvalue weighted by atomic mass is 10.1. The fourth-order valence-corrected chi connectivity index (χ4v) is 1.50. The number of anilines is 1. The number of rotatable bonds is 4. The van der Waals surface area contributed by atoms with E-state index in [0.29, 0.717) is 12.4 Å². The van der Waals surface area contributed by atoms with Gasteiger partial charge < -0.3 is 16.0 Å². The second-order valence-corrected chi connectivity index (χ2v) is 3.69. The van der Waals surface area contributed by atoms with Crippen molar-refractivity contribution in [3.63, 3.8) is 0 Å². The summed E-state index contributed by atoms with van der Waals surface area (Å²) in [5, 5.41) is 3.03. The number of nitrogens with one attached hydrogen (secondary N) is 2. The van der Waals surface area contributed by atoms with Gasteiger partial charge >= 0.3 is 0 Å². The van der Waals surface area contributed by atoms with E-state index in [0.717, 1.165) is 5.56 Å². The molecule has 4 N–H and O–H groups in total. The minimum atomic E-state index is -0.184. The predicted octanol–water partition coefficient (Wildman–Crippen LogP) is 0.882. The van der Waals surface area contributed by atoms with Crippen LogP contribution >= 0.6 is 0 Å². The Hall–Kier alpha value is -2.14. The second kappa shape index (κ2) is 5.27. The maximum absolute atomic E-state index is 11.0. The molecule has 88 valence electrons. The van der Waals surface area contributed by atoms with E-state index in [2.05, 4.69) is 15.3 Å². The van der Waals surface area contributed by atoms with Crippen LogP contribution in [0.15, 0.2) is 47.5 Å². The molecule has 0 spiro atoms. The van der Waals surface area contributed by atoms with Gasteiger partial charge in [-0.15, -0.1) is 0 Å². The summed E-state index contributed by atoms with van der Waals surface area (Å²) in [5.41, 5.74) is 6.87. The Balaban J connectivity index is 1.97. The van der Waals surface area contributed by atoms with E-state index in [1.807, 2.05) is 30.3 Å². The Labute approximate surface area is 98.7 Å². The topological polar surface area (TPSA) is 83.8 Å². The van der Waals surface area contributed by atoms with Crippen LogP contribution in [0.4, 0.5) is 5.82 Å². The summed E-state index contributed by atoms with van der Waals surface area (Å²) < 4.78 is 0. The molecule has 0 aliphatic carbocycles. The van der Waals surface area contributed by atoms with Crippen LogP contribution in [-0.2, 0) is 0 Å². The van der Waals surface area contributed by atoms with Crippen LogP contribution in [-0.4, -0.2) is 16.5 Å². The van der Waals surface area contributed by atoms with Gasteiger partial charge in [0.05, 0.1) is 6.33 Å². The van der Waals surface area contributed by atoms with Crippen molar-refractivity contribution in [2.24, 2.45) is 5.73 Å². The summed E-state index contributed by atoms with van der Waals surface area (Å²) in [6.45, 7) is 0.528. The molecule has 2 aromatic rings. The summed E-state index contributed by atoms with van der Waals surface area (Å²) >= 11 is 0. The smallest absolute Gasteiger partial charge is 0.252 e. The second-order valence-electron chi connectivity index (χ2n) is 3.69. The van der Waals surface area contributed by atoms with Gasteiger partial charge in [-0.2, -0.15) is 0 Å². The van der Waals surface area contributed by atoms with Crippen molar-refractivity contribution in [3.05, 3.63) is 58.6 Å². The standard InChI is InChI=1S/C12H14N4O/c13-10(9-4-2-1-3-5-9)7-14-11-6-12(17)16-8-15-11/h1-6,8,10H,7,13H2,(H2,14,15,16,17). The zero-order valence-electron chi connectivity index (χ0n) is 9.26. The van der Waals surface area contributed by atoms with Gasteiger partial charge in [0.15, 0.2) is 0 Å². The first-order valence-electron chi connectivity index (χ1n) is 5.35. The molecule has 0 radical (unpaired) electrons. The van der Waals surface area contributed by atoms with Crippen molar-refractivity contribution in [3.8, 4) is 0 Å². The zero-order valence-corrected chi connectivity index (χ0v) is 9.26. The van der Waals surface area contributed by atoms with Crippen LogP contribution in [0.2, 0.25) is 0 Å². The molecule has 0 amide bonds. The highest BCUT2D eigenvalue weighted by Gasteiger charge is 2.05. The Kier molecular flexibility index (Phi) is 3.52. The third-order valence-corrected chi connectivity index (χ3v) is 2.41. The number of hydrogen-bond donors (Lipinski definition) is 3. The molecule has 5 nitrogen and oxygen atoms in total. The molecular weight excluding hydrogens is 216 g/mol. The van der Waals surface area contributed by atoms with E-state index in [4.69, 9.17) is 5.73 Å². The Morgan fingerprint density at radius 2 is 2.12 bits per heavy atom. The van der Waals surface area contributed by atoms with Gasteiger partial charge in [-0.25, -0.2) is 4.98 Å². The van der Waals surface area contributed by atoms with Crippen molar-refractivity contribution in [2.45, 2.75) is 6.04 Å². The molecule has 0 saturated heterocycles. The van der Waals surface area contributed by atoms with E-state index >= 15 is 0 Å². The number of hydrogen-bond acceptors (Lipinski definition) is 4. The molecule has 2 rings (SSSR count). The zero-order chi connectivity index (χ0) is 12.1. The van der Waals surface area contributed by atoms with Gasteiger partial charge in [-0.05, 0) is 5.56 Å². The van der Waals surface area contributed by atoms with Gasteiger partial charge in [0.2, 0.25) is 0 Å². The van der Waals surface area contributed by atoms with Gasteiger partial charge in [-0.3, -0.25) is 4.79 Å². The quantitative estimate of drug-likeness (QED) is 0.728. The molecule has 1 unspecified atom stereocenters. The summed E-state index contributed by atoms with van der Waals surface area (Å²) in [5.74, 6) is 0.528. The van der Waals surface area contributed by atoms with Crippen molar-refractivity contribution in [2.75, 3.05) is 11.9 Å². The molecule has 0 saturated carbocycles. The molecular formula is C12H14N4O. The highest BCUT2D eigenvalue weighted by Crippen LogP contribution is 2.09. The van der Waals surface area contributed by atoms with Crippen LogP contribution in [0.25, 0.3) is 0 Å². The Morgan fingerprint density at radius 3 is 2.82 bits per heavy atom. The molecule has 1 aromatic carbocycles. The predicted molar refractivity (Wildman–Crippen MR) is 66.7 cm³/mol. The summed E-state index contributed by atoms with van der Waals surface area (Å²) in [7, 11) is 0. The minimum Gasteiger partial charge on any atom is -0.368 e. The Bertz CT molecular complexity index is 523. The highest BCUT2D eigenvalue weighted by atomic mass is 16.1. The van der Waals surface area contributed by atoms with Crippen molar-refractivity contribution >= 4 is 5.82 Å². The van der Waals surface area contributed by atoms with Gasteiger partial charge in [0.1, 0.15) is 5.82 Å². The number of aromatic amines is 1. The molecule has 0 fully saturated rings. The molecule has 5 heteroatoms. The maximum atomic E-state index is 11.0. The molecule has 1 aromatic heterocycles. The number of aromatic nitrogens is 2. The SMILES string of the molecule is NC(CNc1cc(=O)[nH]cn1)c1ccccc1. The first kappa shape index (κ1) is 11.3. The first-order valence-corrected chi connectivity index (χ1v) is 5.35. The first-order chi connectivity index (χ1) is 8.25. The number of nitrogens with two attached hydrogens (primary N) is 1.